The Hall–Kier alpha value is -2.69. The number of nitrogens with zero attached hydrogens (tertiary/aromatic N) is 1. The number of hydrogen-bond acceptors (Lipinski definition) is 3. The maximum Gasteiger partial charge on any atom is 0.257 e. The first-order valence-corrected chi connectivity index (χ1v) is 9.39. The Morgan fingerprint density at radius 2 is 1.88 bits per heavy atom. The average molecular weight is 379 g/mol. The van der Waals surface area contributed by atoms with E-state index in [4.69, 9.17) is 11.6 Å². The number of amides is 1. The highest BCUT2D eigenvalue weighted by molar-refractivity contribution is 7.14. The molecule has 3 aromatic carbocycles. The Balaban J connectivity index is 1.62. The topological polar surface area (TPSA) is 42.0 Å². The molecule has 1 aromatic heterocycles. The first-order chi connectivity index (χ1) is 12.6. The summed E-state index contributed by atoms with van der Waals surface area (Å²) in [7, 11) is 0. The molecule has 26 heavy (non-hydrogen) atoms. The zero-order chi connectivity index (χ0) is 18.1. The second kappa shape index (κ2) is 6.90. The Labute approximate surface area is 160 Å². The van der Waals surface area contributed by atoms with Crippen molar-refractivity contribution in [2.45, 2.75) is 6.92 Å². The van der Waals surface area contributed by atoms with Gasteiger partial charge in [0.2, 0.25) is 0 Å². The van der Waals surface area contributed by atoms with Crippen LogP contribution in [0.3, 0.4) is 0 Å². The minimum absolute atomic E-state index is 0.217. The zero-order valence-corrected chi connectivity index (χ0v) is 15.6. The second-order valence-corrected chi connectivity index (χ2v) is 7.25. The van der Waals surface area contributed by atoms with Gasteiger partial charge in [-0.1, -0.05) is 60.1 Å². The molecule has 0 radical (unpaired) electrons. The van der Waals surface area contributed by atoms with Gasteiger partial charge in [-0.2, -0.15) is 0 Å². The van der Waals surface area contributed by atoms with E-state index in [9.17, 15) is 4.79 Å². The van der Waals surface area contributed by atoms with Crippen LogP contribution in [0.25, 0.3) is 22.0 Å². The third kappa shape index (κ3) is 3.21. The Kier molecular flexibility index (Phi) is 4.45. The summed E-state index contributed by atoms with van der Waals surface area (Å²) in [6.07, 6.45) is 0. The number of benzene rings is 3. The van der Waals surface area contributed by atoms with Crippen molar-refractivity contribution in [3.63, 3.8) is 0 Å². The smallest absolute Gasteiger partial charge is 0.257 e. The molecule has 1 N–H and O–H groups in total. The van der Waals surface area contributed by atoms with Gasteiger partial charge in [0, 0.05) is 21.5 Å². The van der Waals surface area contributed by atoms with Gasteiger partial charge in [-0.3, -0.25) is 10.1 Å². The Morgan fingerprint density at radius 1 is 1.08 bits per heavy atom. The van der Waals surface area contributed by atoms with Crippen molar-refractivity contribution in [2.24, 2.45) is 0 Å². The van der Waals surface area contributed by atoms with Crippen LogP contribution >= 0.6 is 22.9 Å². The van der Waals surface area contributed by atoms with Gasteiger partial charge in [-0.15, -0.1) is 11.3 Å². The predicted molar refractivity (Wildman–Crippen MR) is 109 cm³/mol. The number of nitrogens with one attached hydrogen (secondary N) is 1. The van der Waals surface area contributed by atoms with Crippen LogP contribution in [0.1, 0.15) is 15.9 Å². The number of thiazole rings is 1. The van der Waals surface area contributed by atoms with Gasteiger partial charge in [0.25, 0.3) is 5.91 Å². The third-order valence-corrected chi connectivity index (χ3v) is 5.39. The highest BCUT2D eigenvalue weighted by Gasteiger charge is 2.12. The van der Waals surface area contributed by atoms with Crippen molar-refractivity contribution in [1.29, 1.82) is 0 Å². The van der Waals surface area contributed by atoms with E-state index in [1.165, 1.54) is 11.3 Å². The molecule has 0 aliphatic rings. The van der Waals surface area contributed by atoms with Gasteiger partial charge in [-0.05, 0) is 35.4 Å². The number of aromatic nitrogens is 1. The lowest BCUT2D eigenvalue weighted by atomic mass is 10.0. The minimum atomic E-state index is -0.217. The molecule has 0 aliphatic carbocycles. The summed E-state index contributed by atoms with van der Waals surface area (Å²) in [5.41, 5.74) is 3.36. The highest BCUT2D eigenvalue weighted by Crippen LogP contribution is 2.31. The van der Waals surface area contributed by atoms with E-state index in [2.05, 4.69) is 28.5 Å². The summed E-state index contributed by atoms with van der Waals surface area (Å²) < 4.78 is 0. The first-order valence-electron chi connectivity index (χ1n) is 8.13. The number of aryl methyl sites for hydroxylation is 1. The molecule has 0 saturated carbocycles. The number of halogens is 1. The van der Waals surface area contributed by atoms with Gasteiger partial charge in [0.1, 0.15) is 0 Å². The number of fused-ring (bicyclic) bond motifs is 1. The molecule has 0 unspecified atom stereocenters. The number of rotatable bonds is 3. The summed E-state index contributed by atoms with van der Waals surface area (Å²) in [6, 6.07) is 19.6. The fourth-order valence-electron chi connectivity index (χ4n) is 2.81. The molecule has 0 atom stereocenters. The van der Waals surface area contributed by atoms with E-state index in [1.807, 2.05) is 42.6 Å². The monoisotopic (exact) mass is 378 g/mol. The van der Waals surface area contributed by atoms with E-state index in [0.29, 0.717) is 15.7 Å². The standard InChI is InChI=1S/C21H15ClN2OS/c1-13-9-10-15(11-18(13)22)20(25)24-21-23-19(12-26-21)17-8-4-6-14-5-2-3-7-16(14)17/h2-12H,1H3,(H,23,24,25). The van der Waals surface area contributed by atoms with Crippen molar-refractivity contribution in [3.8, 4) is 11.3 Å². The van der Waals surface area contributed by atoms with E-state index in [0.717, 1.165) is 27.6 Å². The summed E-state index contributed by atoms with van der Waals surface area (Å²) in [6.45, 7) is 1.90. The molecule has 0 saturated heterocycles. The first kappa shape index (κ1) is 16.8. The average Bonchev–Trinajstić information content (AvgIpc) is 3.11. The van der Waals surface area contributed by atoms with E-state index in [1.54, 1.807) is 12.1 Å². The third-order valence-electron chi connectivity index (χ3n) is 4.22. The zero-order valence-electron chi connectivity index (χ0n) is 14.0. The van der Waals surface area contributed by atoms with E-state index >= 15 is 0 Å². The fourth-order valence-corrected chi connectivity index (χ4v) is 3.69. The minimum Gasteiger partial charge on any atom is -0.298 e. The molecule has 0 spiro atoms. The van der Waals surface area contributed by atoms with Crippen LogP contribution in [0.2, 0.25) is 5.02 Å². The molecular formula is C21H15ClN2OS. The molecular weight excluding hydrogens is 364 g/mol. The van der Waals surface area contributed by atoms with Crippen molar-refractivity contribution in [2.75, 3.05) is 5.32 Å². The normalized spacial score (nSPS) is 10.8. The van der Waals surface area contributed by atoms with Crippen LogP contribution in [0, 0.1) is 6.92 Å². The van der Waals surface area contributed by atoms with E-state index in [-0.39, 0.29) is 5.91 Å². The largest absolute Gasteiger partial charge is 0.298 e. The van der Waals surface area contributed by atoms with Crippen LogP contribution in [0.5, 0.6) is 0 Å². The molecule has 4 rings (SSSR count). The number of carbonyl (C=O) groups excluding carboxylic acids is 1. The Morgan fingerprint density at radius 3 is 2.73 bits per heavy atom. The summed E-state index contributed by atoms with van der Waals surface area (Å²) in [5.74, 6) is -0.217. The maximum atomic E-state index is 12.4. The number of hydrogen-bond donors (Lipinski definition) is 1. The van der Waals surface area contributed by atoms with Crippen molar-refractivity contribution in [1.82, 2.24) is 4.98 Å². The Bertz CT molecular complexity index is 1110. The van der Waals surface area contributed by atoms with Crippen LogP contribution in [0.4, 0.5) is 5.13 Å². The number of anilines is 1. The van der Waals surface area contributed by atoms with Gasteiger partial charge >= 0.3 is 0 Å². The van der Waals surface area contributed by atoms with Crippen molar-refractivity contribution < 1.29 is 4.79 Å². The lowest BCUT2D eigenvalue weighted by molar-refractivity contribution is 0.102. The molecule has 1 heterocycles. The number of carbonyl (C=O) groups is 1. The van der Waals surface area contributed by atoms with E-state index < -0.39 is 0 Å². The van der Waals surface area contributed by atoms with Crippen LogP contribution in [0.15, 0.2) is 66.0 Å². The SMILES string of the molecule is Cc1ccc(C(=O)Nc2nc(-c3cccc4ccccc34)cs2)cc1Cl. The maximum absolute atomic E-state index is 12.4. The molecule has 0 aliphatic heterocycles. The van der Waals surface area contributed by atoms with Gasteiger partial charge < -0.3 is 0 Å². The molecule has 5 heteroatoms. The van der Waals surface area contributed by atoms with Gasteiger partial charge in [0.05, 0.1) is 5.69 Å². The molecule has 0 bridgehead atoms. The lowest BCUT2D eigenvalue weighted by Crippen LogP contribution is -2.11. The van der Waals surface area contributed by atoms with Crippen molar-refractivity contribution >= 4 is 44.7 Å². The van der Waals surface area contributed by atoms with Crippen LogP contribution < -0.4 is 5.32 Å². The lowest BCUT2D eigenvalue weighted by Gasteiger charge is -2.05. The van der Waals surface area contributed by atoms with Crippen LogP contribution in [-0.2, 0) is 0 Å². The quantitative estimate of drug-likeness (QED) is 0.462. The predicted octanol–water partition coefficient (Wildman–Crippen LogP) is 6.18. The highest BCUT2D eigenvalue weighted by atomic mass is 35.5. The summed E-state index contributed by atoms with van der Waals surface area (Å²) in [5, 5.41) is 8.26. The second-order valence-electron chi connectivity index (χ2n) is 5.98. The molecule has 1 amide bonds. The molecule has 3 nitrogen and oxygen atoms in total. The van der Waals surface area contributed by atoms with Crippen LogP contribution in [-0.4, -0.2) is 10.9 Å². The summed E-state index contributed by atoms with van der Waals surface area (Å²) >= 11 is 7.51. The molecule has 4 aromatic rings. The fraction of sp³-hybridized carbons (Fsp3) is 0.0476. The molecule has 0 fully saturated rings. The van der Waals surface area contributed by atoms with Crippen molar-refractivity contribution in [3.05, 3.63) is 82.2 Å². The summed E-state index contributed by atoms with van der Waals surface area (Å²) in [4.78, 5) is 17.0. The van der Waals surface area contributed by atoms with Gasteiger partial charge in [0.15, 0.2) is 5.13 Å². The molecule has 128 valence electrons. The van der Waals surface area contributed by atoms with Gasteiger partial charge in [-0.25, -0.2) is 4.98 Å².